The molecule has 3 nitrogen and oxygen atoms in total. The average Bonchev–Trinajstić information content (AvgIpc) is 2.70. The molecular weight excluding hydrogens is 212 g/mol. The second kappa shape index (κ2) is 3.63. The molecule has 2 aromatic heterocycles. The molecule has 0 bridgehead atoms. The molecule has 0 aliphatic carbocycles. The van der Waals surface area contributed by atoms with Crippen molar-refractivity contribution in [3.05, 3.63) is 54.5 Å². The Morgan fingerprint density at radius 2 is 1.88 bits per heavy atom. The summed E-state index contributed by atoms with van der Waals surface area (Å²) >= 11 is 0. The molecule has 2 heterocycles. The molecule has 0 atom stereocenters. The van der Waals surface area contributed by atoms with Gasteiger partial charge >= 0.3 is 0 Å². The number of aromatic hydroxyl groups is 1. The fourth-order valence-electron chi connectivity index (χ4n) is 2.00. The molecule has 0 aliphatic heterocycles. The maximum absolute atomic E-state index is 9.30. The van der Waals surface area contributed by atoms with Crippen molar-refractivity contribution in [2.75, 3.05) is 0 Å². The molecule has 17 heavy (non-hydrogen) atoms. The maximum atomic E-state index is 9.30. The van der Waals surface area contributed by atoms with Crippen LogP contribution < -0.4 is 0 Å². The van der Waals surface area contributed by atoms with E-state index < -0.39 is 0 Å². The van der Waals surface area contributed by atoms with Crippen LogP contribution in [0.5, 0.6) is 5.75 Å². The van der Waals surface area contributed by atoms with E-state index in [1.807, 2.05) is 48.0 Å². The summed E-state index contributed by atoms with van der Waals surface area (Å²) in [5, 5.41) is 9.30. The normalized spacial score (nSPS) is 10.9. The minimum Gasteiger partial charge on any atom is -0.508 e. The number of hydrogen-bond acceptors (Lipinski definition) is 2. The van der Waals surface area contributed by atoms with Gasteiger partial charge in [0.1, 0.15) is 11.4 Å². The van der Waals surface area contributed by atoms with Crippen LogP contribution in [-0.2, 0) is 0 Å². The second-order valence-electron chi connectivity index (χ2n) is 4.08. The predicted octanol–water partition coefficient (Wildman–Crippen LogP) is 3.02. The van der Waals surface area contributed by atoms with Gasteiger partial charge in [-0.05, 0) is 36.8 Å². The Hall–Kier alpha value is -2.29. The van der Waals surface area contributed by atoms with Gasteiger partial charge in [-0.25, -0.2) is 4.98 Å². The van der Waals surface area contributed by atoms with Crippen LogP contribution in [0.4, 0.5) is 0 Å². The number of benzene rings is 1. The van der Waals surface area contributed by atoms with Crippen molar-refractivity contribution in [2.24, 2.45) is 0 Å². The number of phenols is 1. The van der Waals surface area contributed by atoms with Gasteiger partial charge < -0.3 is 9.51 Å². The standard InChI is InChI=1S/C14H12N2O/c1-10-9-16-8-2-3-13(14(16)15-10)11-4-6-12(17)7-5-11/h2-9,17H,1H3. The molecule has 0 saturated carbocycles. The number of phenolic OH excluding ortho intramolecular Hbond substituents is 1. The number of nitrogens with zero attached hydrogens (tertiary/aromatic N) is 2. The molecule has 0 unspecified atom stereocenters. The Labute approximate surface area is 99.0 Å². The summed E-state index contributed by atoms with van der Waals surface area (Å²) in [5.74, 6) is 0.278. The van der Waals surface area contributed by atoms with Crippen LogP contribution in [0, 0.1) is 6.92 Å². The van der Waals surface area contributed by atoms with Gasteiger partial charge in [-0.3, -0.25) is 0 Å². The summed E-state index contributed by atoms with van der Waals surface area (Å²) < 4.78 is 2.01. The summed E-state index contributed by atoms with van der Waals surface area (Å²) in [6, 6.07) is 11.2. The number of imidazole rings is 1. The van der Waals surface area contributed by atoms with Crippen molar-refractivity contribution in [1.82, 2.24) is 9.38 Å². The van der Waals surface area contributed by atoms with Gasteiger partial charge in [0.05, 0.1) is 5.69 Å². The van der Waals surface area contributed by atoms with Gasteiger partial charge in [0.25, 0.3) is 0 Å². The smallest absolute Gasteiger partial charge is 0.144 e. The SMILES string of the molecule is Cc1cn2cccc(-c3ccc(O)cc3)c2n1. The van der Waals surface area contributed by atoms with Gasteiger partial charge in [-0.15, -0.1) is 0 Å². The van der Waals surface area contributed by atoms with Gasteiger partial charge in [-0.1, -0.05) is 12.1 Å². The van der Waals surface area contributed by atoms with Crippen molar-refractivity contribution in [3.63, 3.8) is 0 Å². The zero-order valence-corrected chi connectivity index (χ0v) is 9.46. The minimum absolute atomic E-state index is 0.278. The zero-order valence-electron chi connectivity index (χ0n) is 9.46. The molecule has 3 aromatic rings. The fraction of sp³-hybridized carbons (Fsp3) is 0.0714. The topological polar surface area (TPSA) is 37.5 Å². The molecule has 84 valence electrons. The Kier molecular flexibility index (Phi) is 2.11. The maximum Gasteiger partial charge on any atom is 0.144 e. The number of aryl methyl sites for hydroxylation is 1. The van der Waals surface area contributed by atoms with Gasteiger partial charge in [0.2, 0.25) is 0 Å². The van der Waals surface area contributed by atoms with Crippen molar-refractivity contribution in [2.45, 2.75) is 6.92 Å². The molecule has 0 amide bonds. The summed E-state index contributed by atoms with van der Waals surface area (Å²) in [6.07, 6.45) is 3.98. The number of rotatable bonds is 1. The summed E-state index contributed by atoms with van der Waals surface area (Å²) in [6.45, 7) is 1.98. The zero-order chi connectivity index (χ0) is 11.8. The number of aromatic nitrogens is 2. The van der Waals surface area contributed by atoms with E-state index in [9.17, 15) is 5.11 Å². The number of fused-ring (bicyclic) bond motifs is 1. The first-order valence-electron chi connectivity index (χ1n) is 5.48. The highest BCUT2D eigenvalue weighted by Gasteiger charge is 2.06. The Balaban J connectivity index is 2.26. The summed E-state index contributed by atoms with van der Waals surface area (Å²) in [4.78, 5) is 4.51. The van der Waals surface area contributed by atoms with Crippen LogP contribution in [-0.4, -0.2) is 14.5 Å². The fourth-order valence-corrected chi connectivity index (χ4v) is 2.00. The van der Waals surface area contributed by atoms with Crippen molar-refractivity contribution in [1.29, 1.82) is 0 Å². The van der Waals surface area contributed by atoms with Crippen LogP contribution in [0.3, 0.4) is 0 Å². The van der Waals surface area contributed by atoms with Gasteiger partial charge in [0, 0.05) is 18.0 Å². The highest BCUT2D eigenvalue weighted by atomic mass is 16.3. The average molecular weight is 224 g/mol. The lowest BCUT2D eigenvalue weighted by Gasteiger charge is -2.03. The van der Waals surface area contributed by atoms with E-state index in [-0.39, 0.29) is 5.75 Å². The third-order valence-corrected chi connectivity index (χ3v) is 2.78. The molecule has 0 fully saturated rings. The predicted molar refractivity (Wildman–Crippen MR) is 67.0 cm³/mol. The molecule has 0 saturated heterocycles. The minimum atomic E-state index is 0.278. The van der Waals surface area contributed by atoms with E-state index in [1.54, 1.807) is 12.1 Å². The summed E-state index contributed by atoms with van der Waals surface area (Å²) in [5.41, 5.74) is 4.06. The number of pyridine rings is 1. The first-order valence-corrected chi connectivity index (χ1v) is 5.48. The highest BCUT2D eigenvalue weighted by Crippen LogP contribution is 2.25. The van der Waals surface area contributed by atoms with Crippen LogP contribution in [0.25, 0.3) is 16.8 Å². The first-order chi connectivity index (χ1) is 8.24. The lowest BCUT2D eigenvalue weighted by molar-refractivity contribution is 0.475. The van der Waals surface area contributed by atoms with E-state index in [0.717, 1.165) is 22.5 Å². The van der Waals surface area contributed by atoms with E-state index in [1.165, 1.54) is 0 Å². The van der Waals surface area contributed by atoms with E-state index in [2.05, 4.69) is 4.98 Å². The molecule has 1 N–H and O–H groups in total. The second-order valence-corrected chi connectivity index (χ2v) is 4.08. The van der Waals surface area contributed by atoms with E-state index >= 15 is 0 Å². The lowest BCUT2D eigenvalue weighted by atomic mass is 10.1. The van der Waals surface area contributed by atoms with E-state index in [0.29, 0.717) is 0 Å². The molecule has 0 aliphatic rings. The molecule has 0 spiro atoms. The van der Waals surface area contributed by atoms with Crippen molar-refractivity contribution < 1.29 is 5.11 Å². The van der Waals surface area contributed by atoms with E-state index in [4.69, 9.17) is 0 Å². The third kappa shape index (κ3) is 1.65. The lowest BCUT2D eigenvalue weighted by Crippen LogP contribution is -1.86. The third-order valence-electron chi connectivity index (χ3n) is 2.78. The van der Waals surface area contributed by atoms with Crippen LogP contribution in [0.1, 0.15) is 5.69 Å². The summed E-state index contributed by atoms with van der Waals surface area (Å²) in [7, 11) is 0. The Morgan fingerprint density at radius 3 is 2.65 bits per heavy atom. The van der Waals surface area contributed by atoms with Crippen LogP contribution in [0.15, 0.2) is 48.8 Å². The molecular formula is C14H12N2O. The van der Waals surface area contributed by atoms with Crippen molar-refractivity contribution >= 4 is 5.65 Å². The number of hydrogen-bond donors (Lipinski definition) is 1. The first kappa shape index (κ1) is 9.90. The molecule has 0 radical (unpaired) electrons. The van der Waals surface area contributed by atoms with Crippen molar-refractivity contribution in [3.8, 4) is 16.9 Å². The largest absolute Gasteiger partial charge is 0.508 e. The van der Waals surface area contributed by atoms with Crippen LogP contribution >= 0.6 is 0 Å². The molecule has 3 rings (SSSR count). The quantitative estimate of drug-likeness (QED) is 0.690. The molecule has 3 heteroatoms. The Morgan fingerprint density at radius 1 is 1.12 bits per heavy atom. The monoisotopic (exact) mass is 224 g/mol. The molecule has 1 aromatic carbocycles. The van der Waals surface area contributed by atoms with Gasteiger partial charge in [-0.2, -0.15) is 0 Å². The Bertz CT molecular complexity index is 668. The van der Waals surface area contributed by atoms with Crippen LogP contribution in [0.2, 0.25) is 0 Å². The highest BCUT2D eigenvalue weighted by molar-refractivity contribution is 5.77. The van der Waals surface area contributed by atoms with Gasteiger partial charge in [0.15, 0.2) is 0 Å².